The maximum Gasteiger partial charge on any atom is 0.0953 e. The topological polar surface area (TPSA) is 43.8 Å². The predicted molar refractivity (Wildman–Crippen MR) is 61.5 cm³/mol. The van der Waals surface area contributed by atoms with Crippen molar-refractivity contribution < 1.29 is 0 Å². The molecule has 3 heteroatoms. The molecule has 0 radical (unpaired) electrons. The van der Waals surface area contributed by atoms with Gasteiger partial charge in [-0.3, -0.25) is 0 Å². The summed E-state index contributed by atoms with van der Waals surface area (Å²) in [7, 11) is 0. The molecular formula is C12H21N3. The second-order valence-electron chi connectivity index (χ2n) is 5.13. The monoisotopic (exact) mass is 207 g/mol. The molecular weight excluding hydrogens is 186 g/mol. The van der Waals surface area contributed by atoms with Crippen LogP contribution in [0.15, 0.2) is 12.5 Å². The first-order chi connectivity index (χ1) is 7.07. The van der Waals surface area contributed by atoms with E-state index in [1.165, 1.54) is 18.5 Å². The zero-order chi connectivity index (χ0) is 11.1. The number of rotatable bonds is 4. The fraction of sp³-hybridized carbons (Fsp3) is 0.750. The van der Waals surface area contributed by atoms with Crippen LogP contribution in [0.4, 0.5) is 0 Å². The lowest BCUT2D eigenvalue weighted by Gasteiger charge is -2.30. The van der Waals surface area contributed by atoms with Gasteiger partial charge in [0.15, 0.2) is 0 Å². The van der Waals surface area contributed by atoms with Crippen LogP contribution in [0, 0.1) is 5.92 Å². The maximum atomic E-state index is 6.10. The lowest BCUT2D eigenvalue weighted by Crippen LogP contribution is -2.31. The van der Waals surface area contributed by atoms with Crippen LogP contribution < -0.4 is 5.73 Å². The van der Waals surface area contributed by atoms with Gasteiger partial charge in [-0.25, -0.2) is 4.98 Å². The Balaban J connectivity index is 2.31. The number of hydrogen-bond donors (Lipinski definition) is 1. The van der Waals surface area contributed by atoms with Gasteiger partial charge in [-0.2, -0.15) is 0 Å². The van der Waals surface area contributed by atoms with Crippen molar-refractivity contribution in [3.63, 3.8) is 0 Å². The third kappa shape index (κ3) is 1.81. The first-order valence-electron chi connectivity index (χ1n) is 5.85. The lowest BCUT2D eigenvalue weighted by molar-refractivity contribution is 0.290. The fourth-order valence-electron chi connectivity index (χ4n) is 2.26. The molecule has 0 aliphatic heterocycles. The van der Waals surface area contributed by atoms with Crippen molar-refractivity contribution in [2.24, 2.45) is 11.7 Å². The van der Waals surface area contributed by atoms with Crippen molar-refractivity contribution >= 4 is 0 Å². The number of nitrogens with zero attached hydrogens (tertiary/aromatic N) is 2. The molecule has 15 heavy (non-hydrogen) atoms. The van der Waals surface area contributed by atoms with E-state index in [1.807, 2.05) is 12.5 Å². The summed E-state index contributed by atoms with van der Waals surface area (Å²) >= 11 is 0. The van der Waals surface area contributed by atoms with Crippen LogP contribution in [0.3, 0.4) is 0 Å². The minimum absolute atomic E-state index is 0.116. The predicted octanol–water partition coefficient (Wildman–Crippen LogP) is 2.44. The zero-order valence-corrected chi connectivity index (χ0v) is 9.90. The molecule has 1 aliphatic rings. The number of nitrogens with two attached hydrogens (primary N) is 1. The molecule has 0 spiro atoms. The first kappa shape index (κ1) is 10.7. The highest BCUT2D eigenvalue weighted by molar-refractivity contribution is 5.10. The highest BCUT2D eigenvalue weighted by Gasteiger charge is 2.40. The molecule has 0 saturated heterocycles. The SMILES string of the molecule is CC[C@@H](N)c1cncn1C(C)(C)C1CC1. The smallest absolute Gasteiger partial charge is 0.0953 e. The van der Waals surface area contributed by atoms with Crippen molar-refractivity contribution in [3.8, 4) is 0 Å². The molecule has 1 aromatic rings. The van der Waals surface area contributed by atoms with Crippen LogP contribution >= 0.6 is 0 Å². The second-order valence-corrected chi connectivity index (χ2v) is 5.13. The Bertz CT molecular complexity index is 336. The van der Waals surface area contributed by atoms with E-state index in [0.29, 0.717) is 0 Å². The number of imidazole rings is 1. The van der Waals surface area contributed by atoms with E-state index in [1.54, 1.807) is 0 Å². The van der Waals surface area contributed by atoms with E-state index < -0.39 is 0 Å². The summed E-state index contributed by atoms with van der Waals surface area (Å²) in [5.74, 6) is 0.800. The van der Waals surface area contributed by atoms with Crippen molar-refractivity contribution in [2.75, 3.05) is 0 Å². The molecule has 2 rings (SSSR count). The van der Waals surface area contributed by atoms with Crippen LogP contribution in [0.5, 0.6) is 0 Å². The van der Waals surface area contributed by atoms with Gasteiger partial charge in [0.1, 0.15) is 0 Å². The summed E-state index contributed by atoms with van der Waals surface area (Å²) in [5.41, 5.74) is 7.45. The van der Waals surface area contributed by atoms with Crippen molar-refractivity contribution in [3.05, 3.63) is 18.2 Å². The quantitative estimate of drug-likeness (QED) is 0.824. The summed E-state index contributed by atoms with van der Waals surface area (Å²) in [6.07, 6.45) is 7.49. The van der Waals surface area contributed by atoms with E-state index in [-0.39, 0.29) is 11.6 Å². The van der Waals surface area contributed by atoms with Gasteiger partial charge in [-0.15, -0.1) is 0 Å². The number of aromatic nitrogens is 2. The summed E-state index contributed by atoms with van der Waals surface area (Å²) in [5, 5.41) is 0. The van der Waals surface area contributed by atoms with Crippen molar-refractivity contribution in [2.45, 2.75) is 51.6 Å². The van der Waals surface area contributed by atoms with Gasteiger partial charge < -0.3 is 10.3 Å². The van der Waals surface area contributed by atoms with Crippen molar-refractivity contribution in [1.82, 2.24) is 9.55 Å². The molecule has 3 nitrogen and oxygen atoms in total. The molecule has 0 amide bonds. The highest BCUT2D eigenvalue weighted by atomic mass is 15.1. The van der Waals surface area contributed by atoms with Gasteiger partial charge in [-0.05, 0) is 39.0 Å². The van der Waals surface area contributed by atoms with Crippen LogP contribution in [-0.4, -0.2) is 9.55 Å². The maximum absolute atomic E-state index is 6.10. The first-order valence-corrected chi connectivity index (χ1v) is 5.85. The molecule has 1 aliphatic carbocycles. The fourth-order valence-corrected chi connectivity index (χ4v) is 2.26. The Morgan fingerprint density at radius 1 is 1.60 bits per heavy atom. The van der Waals surface area contributed by atoms with Crippen LogP contribution in [0.1, 0.15) is 51.8 Å². The Labute approximate surface area is 91.7 Å². The lowest BCUT2D eigenvalue weighted by atomic mass is 9.97. The Kier molecular flexibility index (Phi) is 2.59. The highest BCUT2D eigenvalue weighted by Crippen LogP contribution is 2.44. The third-order valence-electron chi connectivity index (χ3n) is 3.68. The normalized spacial score (nSPS) is 19.2. The van der Waals surface area contributed by atoms with Crippen LogP contribution in [0.25, 0.3) is 0 Å². The molecule has 1 fully saturated rings. The summed E-state index contributed by atoms with van der Waals surface area (Å²) in [6.45, 7) is 6.70. The standard InChI is InChI=1S/C12H21N3/c1-4-10(13)11-7-14-8-15(11)12(2,3)9-5-6-9/h7-10H,4-6,13H2,1-3H3/t10-/m1/s1. The van der Waals surface area contributed by atoms with Gasteiger partial charge in [0.2, 0.25) is 0 Å². The van der Waals surface area contributed by atoms with Gasteiger partial charge in [-0.1, -0.05) is 6.92 Å². The molecule has 84 valence electrons. The Hall–Kier alpha value is -0.830. The Morgan fingerprint density at radius 3 is 2.80 bits per heavy atom. The molecule has 2 N–H and O–H groups in total. The van der Waals surface area contributed by atoms with Crippen LogP contribution in [0.2, 0.25) is 0 Å². The molecule has 0 bridgehead atoms. The Morgan fingerprint density at radius 2 is 2.27 bits per heavy atom. The molecule has 0 unspecified atom stereocenters. The molecule has 1 saturated carbocycles. The second kappa shape index (κ2) is 3.63. The van der Waals surface area contributed by atoms with Gasteiger partial charge in [0.05, 0.1) is 12.0 Å². The average molecular weight is 207 g/mol. The number of hydrogen-bond acceptors (Lipinski definition) is 2. The van der Waals surface area contributed by atoms with Gasteiger partial charge >= 0.3 is 0 Å². The van der Waals surface area contributed by atoms with E-state index in [0.717, 1.165) is 12.3 Å². The van der Waals surface area contributed by atoms with E-state index >= 15 is 0 Å². The minimum Gasteiger partial charge on any atom is -0.327 e. The minimum atomic E-state index is 0.116. The summed E-state index contributed by atoms with van der Waals surface area (Å²) < 4.78 is 2.28. The van der Waals surface area contributed by atoms with E-state index in [4.69, 9.17) is 5.73 Å². The summed E-state index contributed by atoms with van der Waals surface area (Å²) in [4.78, 5) is 4.25. The van der Waals surface area contributed by atoms with Crippen molar-refractivity contribution in [1.29, 1.82) is 0 Å². The summed E-state index contributed by atoms with van der Waals surface area (Å²) in [6, 6.07) is 0.116. The van der Waals surface area contributed by atoms with E-state index in [9.17, 15) is 0 Å². The van der Waals surface area contributed by atoms with Gasteiger partial charge in [0.25, 0.3) is 0 Å². The average Bonchev–Trinajstić information content (AvgIpc) is 2.95. The molecule has 1 heterocycles. The van der Waals surface area contributed by atoms with Crippen LogP contribution in [-0.2, 0) is 5.54 Å². The zero-order valence-electron chi connectivity index (χ0n) is 9.90. The van der Waals surface area contributed by atoms with E-state index in [2.05, 4.69) is 30.3 Å². The van der Waals surface area contributed by atoms with Gasteiger partial charge in [0, 0.05) is 17.8 Å². The molecule has 1 aromatic heterocycles. The molecule has 0 aromatic carbocycles. The third-order valence-corrected chi connectivity index (χ3v) is 3.68. The molecule has 1 atom stereocenters. The largest absolute Gasteiger partial charge is 0.327 e.